The molecule has 1 aromatic carbocycles. The number of fused-ring (bicyclic) bond motifs is 1. The lowest BCUT2D eigenvalue weighted by Crippen LogP contribution is -2.45. The predicted octanol–water partition coefficient (Wildman–Crippen LogP) is 2.84. The lowest BCUT2D eigenvalue weighted by Gasteiger charge is -2.20. The Balaban J connectivity index is 1.69. The van der Waals surface area contributed by atoms with Gasteiger partial charge in [-0.3, -0.25) is 4.79 Å². The number of nitrogens with one attached hydrogen (secondary N) is 3. The van der Waals surface area contributed by atoms with Crippen molar-refractivity contribution in [1.82, 2.24) is 15.3 Å². The van der Waals surface area contributed by atoms with Gasteiger partial charge < -0.3 is 30.5 Å². The van der Waals surface area contributed by atoms with E-state index in [1.807, 2.05) is 24.3 Å². The Morgan fingerprint density at radius 3 is 2.94 bits per heavy atom. The summed E-state index contributed by atoms with van der Waals surface area (Å²) < 4.78 is 10.9. The fourth-order valence-electron chi connectivity index (χ4n) is 3.81. The summed E-state index contributed by atoms with van der Waals surface area (Å²) in [5.41, 5.74) is 1.37. The Labute approximate surface area is 202 Å². The van der Waals surface area contributed by atoms with Crippen LogP contribution in [0.25, 0.3) is 22.0 Å². The van der Waals surface area contributed by atoms with Crippen molar-refractivity contribution >= 4 is 39.9 Å². The third-order valence-corrected chi connectivity index (χ3v) is 5.89. The summed E-state index contributed by atoms with van der Waals surface area (Å²) in [6.07, 6.45) is 2.98. The number of amides is 1. The van der Waals surface area contributed by atoms with E-state index in [-0.39, 0.29) is 24.6 Å². The van der Waals surface area contributed by atoms with E-state index in [9.17, 15) is 9.90 Å². The largest absolute Gasteiger partial charge is 0.495 e. The second-order valence-corrected chi connectivity index (χ2v) is 8.10. The van der Waals surface area contributed by atoms with E-state index in [1.165, 1.54) is 6.08 Å². The Bertz CT molecular complexity index is 1210. The zero-order chi connectivity index (χ0) is 24.1. The fourth-order valence-corrected chi connectivity index (χ4v) is 4.11. The molecule has 4 rings (SSSR count). The molecule has 0 unspecified atom stereocenters. The first-order valence-corrected chi connectivity index (χ1v) is 11.2. The van der Waals surface area contributed by atoms with Gasteiger partial charge in [-0.1, -0.05) is 30.3 Å². The van der Waals surface area contributed by atoms with Gasteiger partial charge in [0, 0.05) is 29.1 Å². The number of aromatic nitrogens is 2. The number of hydrogen-bond acceptors (Lipinski definition) is 8. The number of carbonyl (C=O) groups is 1. The summed E-state index contributed by atoms with van der Waals surface area (Å²) in [4.78, 5) is 21.0. The van der Waals surface area contributed by atoms with Crippen LogP contribution in [-0.2, 0) is 9.53 Å². The second kappa shape index (κ2) is 10.7. The molecule has 3 aromatic rings. The van der Waals surface area contributed by atoms with E-state index < -0.39 is 0 Å². The van der Waals surface area contributed by atoms with E-state index in [2.05, 4.69) is 27.5 Å². The molecule has 1 fully saturated rings. The monoisotopic (exact) mass is 483 g/mol. The highest BCUT2D eigenvalue weighted by atomic mass is 35.5. The zero-order valence-electron chi connectivity index (χ0n) is 18.7. The molecule has 9 nitrogen and oxygen atoms in total. The molecule has 34 heavy (non-hydrogen) atoms. The summed E-state index contributed by atoms with van der Waals surface area (Å²) in [7, 11) is 1.56. The Hall–Kier alpha value is -3.40. The van der Waals surface area contributed by atoms with Gasteiger partial charge in [0.15, 0.2) is 0 Å². The van der Waals surface area contributed by atoms with Crippen molar-refractivity contribution < 1.29 is 19.4 Å². The first-order chi connectivity index (χ1) is 16.5. The molecule has 3 heterocycles. The standard InChI is InChI=1S/C24H26ClN5O4/c1-3-22(32)29-19-13-34-12-18(19)28-21-10-16-14(11-27-21)9-17(30-24(16)26-7-8-31)15-5-4-6-20(33-2)23(15)25/h3-6,9-11,18-19,31H,1,7-8,12-13H2,2H3,(H,26,30)(H,27,28)(H,29,32)/t18-,19+/m1/s1. The van der Waals surface area contributed by atoms with Crippen LogP contribution in [0, 0.1) is 0 Å². The minimum Gasteiger partial charge on any atom is -0.495 e. The number of aliphatic hydroxyl groups is 1. The minimum atomic E-state index is -0.253. The summed E-state index contributed by atoms with van der Waals surface area (Å²) in [6.45, 7) is 4.61. The highest BCUT2D eigenvalue weighted by Gasteiger charge is 2.29. The SMILES string of the molecule is C=CC(=O)N[C@H]1COC[C@H]1Nc1cc2c(NCCO)nc(-c3cccc(OC)c3Cl)cc2cn1. The molecule has 2 atom stereocenters. The molecule has 178 valence electrons. The number of benzene rings is 1. The Kier molecular flexibility index (Phi) is 7.46. The van der Waals surface area contributed by atoms with Crippen LogP contribution >= 0.6 is 11.6 Å². The van der Waals surface area contributed by atoms with Crippen molar-refractivity contribution in [2.45, 2.75) is 12.1 Å². The van der Waals surface area contributed by atoms with Crippen molar-refractivity contribution in [3.63, 3.8) is 0 Å². The van der Waals surface area contributed by atoms with Crippen LogP contribution in [0.2, 0.25) is 5.02 Å². The quantitative estimate of drug-likeness (QED) is 0.343. The van der Waals surface area contributed by atoms with Crippen molar-refractivity contribution in [3.8, 4) is 17.0 Å². The lowest BCUT2D eigenvalue weighted by atomic mass is 10.1. The van der Waals surface area contributed by atoms with Gasteiger partial charge >= 0.3 is 0 Å². The van der Waals surface area contributed by atoms with Gasteiger partial charge in [0.05, 0.1) is 49.7 Å². The highest BCUT2D eigenvalue weighted by Crippen LogP contribution is 2.37. The average molecular weight is 484 g/mol. The number of pyridine rings is 2. The van der Waals surface area contributed by atoms with Crippen LogP contribution in [0.3, 0.4) is 0 Å². The van der Waals surface area contributed by atoms with E-state index in [4.69, 9.17) is 26.1 Å². The van der Waals surface area contributed by atoms with Crippen LogP contribution in [0.1, 0.15) is 0 Å². The van der Waals surface area contributed by atoms with Gasteiger partial charge in [-0.2, -0.15) is 0 Å². The summed E-state index contributed by atoms with van der Waals surface area (Å²) in [5.74, 6) is 1.50. The maximum Gasteiger partial charge on any atom is 0.243 e. The number of ether oxygens (including phenoxy) is 2. The number of anilines is 2. The molecule has 0 radical (unpaired) electrons. The third kappa shape index (κ3) is 5.06. The molecule has 1 aliphatic heterocycles. The number of carbonyl (C=O) groups excluding carboxylic acids is 1. The third-order valence-electron chi connectivity index (χ3n) is 5.50. The molecule has 10 heteroatoms. The topological polar surface area (TPSA) is 118 Å². The molecule has 2 aromatic heterocycles. The first kappa shape index (κ1) is 23.7. The van der Waals surface area contributed by atoms with Crippen LogP contribution in [0.15, 0.2) is 49.2 Å². The zero-order valence-corrected chi connectivity index (χ0v) is 19.4. The number of halogens is 1. The predicted molar refractivity (Wildman–Crippen MR) is 132 cm³/mol. The van der Waals surface area contributed by atoms with E-state index in [0.29, 0.717) is 47.9 Å². The van der Waals surface area contributed by atoms with Crippen molar-refractivity contribution in [2.75, 3.05) is 44.1 Å². The molecule has 0 saturated carbocycles. The van der Waals surface area contributed by atoms with Crippen molar-refractivity contribution in [2.24, 2.45) is 0 Å². The molecule has 1 saturated heterocycles. The van der Waals surface area contributed by atoms with E-state index in [0.717, 1.165) is 16.3 Å². The van der Waals surface area contributed by atoms with Gasteiger partial charge in [-0.15, -0.1) is 0 Å². The first-order valence-electron chi connectivity index (χ1n) is 10.8. The minimum absolute atomic E-state index is 0.0480. The fraction of sp³-hybridized carbons (Fsp3) is 0.292. The van der Waals surface area contributed by atoms with Crippen LogP contribution in [-0.4, -0.2) is 66.5 Å². The molecule has 0 aliphatic carbocycles. The summed E-state index contributed by atoms with van der Waals surface area (Å²) in [6, 6.07) is 8.94. The maximum absolute atomic E-state index is 11.7. The molecular formula is C24H26ClN5O4. The van der Waals surface area contributed by atoms with Gasteiger partial charge in [-0.05, 0) is 24.3 Å². The normalized spacial score (nSPS) is 17.4. The highest BCUT2D eigenvalue weighted by molar-refractivity contribution is 6.34. The molecule has 0 bridgehead atoms. The van der Waals surface area contributed by atoms with Gasteiger partial charge in [0.25, 0.3) is 0 Å². The van der Waals surface area contributed by atoms with Gasteiger partial charge in [0.2, 0.25) is 5.91 Å². The number of methoxy groups -OCH3 is 1. The number of aliphatic hydroxyl groups excluding tert-OH is 1. The molecule has 1 amide bonds. The van der Waals surface area contributed by atoms with Crippen LogP contribution < -0.4 is 20.7 Å². The average Bonchev–Trinajstić information content (AvgIpc) is 3.28. The van der Waals surface area contributed by atoms with Crippen molar-refractivity contribution in [1.29, 1.82) is 0 Å². The van der Waals surface area contributed by atoms with Gasteiger partial charge in [-0.25, -0.2) is 9.97 Å². The smallest absolute Gasteiger partial charge is 0.243 e. The van der Waals surface area contributed by atoms with Gasteiger partial charge in [0.1, 0.15) is 17.4 Å². The molecular weight excluding hydrogens is 458 g/mol. The number of hydrogen-bond donors (Lipinski definition) is 4. The number of rotatable bonds is 9. The Morgan fingerprint density at radius 2 is 2.18 bits per heavy atom. The molecule has 4 N–H and O–H groups in total. The van der Waals surface area contributed by atoms with Crippen LogP contribution in [0.4, 0.5) is 11.6 Å². The molecule has 1 aliphatic rings. The summed E-state index contributed by atoms with van der Waals surface area (Å²) >= 11 is 6.53. The van der Waals surface area contributed by atoms with E-state index in [1.54, 1.807) is 19.4 Å². The molecule has 0 spiro atoms. The number of nitrogens with zero attached hydrogens (tertiary/aromatic N) is 2. The van der Waals surface area contributed by atoms with E-state index >= 15 is 0 Å². The lowest BCUT2D eigenvalue weighted by molar-refractivity contribution is -0.117. The summed E-state index contributed by atoms with van der Waals surface area (Å²) in [5, 5.41) is 20.9. The van der Waals surface area contributed by atoms with Crippen LogP contribution in [0.5, 0.6) is 5.75 Å². The van der Waals surface area contributed by atoms with Crippen molar-refractivity contribution in [3.05, 3.63) is 54.2 Å². The Morgan fingerprint density at radius 1 is 1.35 bits per heavy atom. The maximum atomic E-state index is 11.7. The second-order valence-electron chi connectivity index (χ2n) is 7.73.